The first-order valence-electron chi connectivity index (χ1n) is 6.15. The Balaban J connectivity index is 2.63. The molecule has 0 aliphatic heterocycles. The minimum absolute atomic E-state index is 0.0555. The summed E-state index contributed by atoms with van der Waals surface area (Å²) in [4.78, 5) is 0. The molecule has 3 heteroatoms. The van der Waals surface area contributed by atoms with Gasteiger partial charge in [0.05, 0.1) is 13.2 Å². The van der Waals surface area contributed by atoms with E-state index in [1.165, 1.54) is 5.56 Å². The Morgan fingerprint density at radius 1 is 1.24 bits per heavy atom. The zero-order valence-corrected chi connectivity index (χ0v) is 11.0. The van der Waals surface area contributed by atoms with Crippen LogP contribution in [-0.2, 0) is 5.41 Å². The third-order valence-corrected chi connectivity index (χ3v) is 2.80. The number of benzene rings is 1. The third kappa shape index (κ3) is 4.36. The van der Waals surface area contributed by atoms with Crippen molar-refractivity contribution in [1.29, 1.82) is 0 Å². The second kappa shape index (κ2) is 6.62. The lowest BCUT2D eigenvalue weighted by atomic mass is 9.84. The van der Waals surface area contributed by atoms with Crippen molar-refractivity contribution >= 4 is 0 Å². The fraction of sp³-hybridized carbons (Fsp3) is 0.571. The molecule has 0 aliphatic rings. The molecule has 1 aromatic carbocycles. The van der Waals surface area contributed by atoms with Crippen LogP contribution in [-0.4, -0.2) is 31.4 Å². The highest BCUT2D eigenvalue weighted by Gasteiger charge is 2.19. The smallest absolute Gasteiger partial charge is 0.119 e. The van der Waals surface area contributed by atoms with Crippen molar-refractivity contribution in [3.8, 4) is 5.75 Å². The third-order valence-electron chi connectivity index (χ3n) is 2.80. The number of rotatable bonds is 7. The number of aliphatic hydroxyl groups excluding tert-OH is 1. The number of hydrogen-bond acceptors (Lipinski definition) is 3. The standard InChI is InChI=1S/C14H23NO2/c1-4-17-13-7-5-12(6-8-13)14(2,3)11-15-9-10-16/h5-8,15-16H,4,9-11H2,1-3H3. The molecule has 0 amide bonds. The highest BCUT2D eigenvalue weighted by molar-refractivity contribution is 5.31. The maximum Gasteiger partial charge on any atom is 0.119 e. The predicted octanol–water partition coefficient (Wildman–Crippen LogP) is 1.94. The van der Waals surface area contributed by atoms with Crippen LogP contribution in [0.3, 0.4) is 0 Å². The molecule has 0 heterocycles. The highest BCUT2D eigenvalue weighted by atomic mass is 16.5. The lowest BCUT2D eigenvalue weighted by Gasteiger charge is -2.25. The summed E-state index contributed by atoms with van der Waals surface area (Å²) in [5.41, 5.74) is 1.33. The van der Waals surface area contributed by atoms with Crippen LogP contribution in [0.1, 0.15) is 26.3 Å². The number of aliphatic hydroxyl groups is 1. The van der Waals surface area contributed by atoms with Crippen molar-refractivity contribution in [3.63, 3.8) is 0 Å². The Morgan fingerprint density at radius 2 is 1.88 bits per heavy atom. The first kappa shape index (κ1) is 14.0. The Kier molecular flexibility index (Phi) is 5.45. The minimum atomic E-state index is 0.0555. The van der Waals surface area contributed by atoms with Crippen LogP contribution in [0.15, 0.2) is 24.3 Å². The van der Waals surface area contributed by atoms with E-state index in [0.717, 1.165) is 12.3 Å². The van der Waals surface area contributed by atoms with Crippen LogP contribution in [0, 0.1) is 0 Å². The van der Waals surface area contributed by atoms with Gasteiger partial charge >= 0.3 is 0 Å². The molecule has 0 saturated carbocycles. The predicted molar refractivity (Wildman–Crippen MR) is 70.6 cm³/mol. The van der Waals surface area contributed by atoms with E-state index in [-0.39, 0.29) is 12.0 Å². The van der Waals surface area contributed by atoms with Gasteiger partial charge in [-0.3, -0.25) is 0 Å². The molecule has 0 spiro atoms. The zero-order chi connectivity index (χ0) is 12.7. The van der Waals surface area contributed by atoms with Gasteiger partial charge in [-0.15, -0.1) is 0 Å². The molecule has 2 N–H and O–H groups in total. The molecule has 1 rings (SSSR count). The monoisotopic (exact) mass is 237 g/mol. The average molecular weight is 237 g/mol. The van der Waals surface area contributed by atoms with Crippen LogP contribution in [0.5, 0.6) is 5.75 Å². The molecule has 96 valence electrons. The fourth-order valence-corrected chi connectivity index (χ4v) is 1.75. The van der Waals surface area contributed by atoms with Gasteiger partial charge in [0.2, 0.25) is 0 Å². The molecule has 0 aromatic heterocycles. The second-order valence-electron chi connectivity index (χ2n) is 4.74. The van der Waals surface area contributed by atoms with Gasteiger partial charge in [0.25, 0.3) is 0 Å². The Labute approximate surface area is 104 Å². The zero-order valence-electron chi connectivity index (χ0n) is 11.0. The van der Waals surface area contributed by atoms with Gasteiger partial charge in [-0.05, 0) is 24.6 Å². The van der Waals surface area contributed by atoms with E-state index in [1.54, 1.807) is 0 Å². The van der Waals surface area contributed by atoms with E-state index < -0.39 is 0 Å². The van der Waals surface area contributed by atoms with Crippen LogP contribution in [0.25, 0.3) is 0 Å². The topological polar surface area (TPSA) is 41.5 Å². The summed E-state index contributed by atoms with van der Waals surface area (Å²) in [7, 11) is 0. The molecule has 0 atom stereocenters. The molecule has 1 aromatic rings. The first-order chi connectivity index (χ1) is 8.10. The van der Waals surface area contributed by atoms with Gasteiger partial charge in [0, 0.05) is 18.5 Å². The molecule has 0 bridgehead atoms. The van der Waals surface area contributed by atoms with Crippen molar-refractivity contribution in [3.05, 3.63) is 29.8 Å². The Bertz CT molecular complexity index is 319. The van der Waals surface area contributed by atoms with Crippen LogP contribution in [0.2, 0.25) is 0 Å². The maximum absolute atomic E-state index is 8.75. The van der Waals surface area contributed by atoms with Gasteiger partial charge in [0.15, 0.2) is 0 Å². The van der Waals surface area contributed by atoms with Gasteiger partial charge in [-0.25, -0.2) is 0 Å². The summed E-state index contributed by atoms with van der Waals surface area (Å²) in [5.74, 6) is 0.912. The van der Waals surface area contributed by atoms with Crippen LogP contribution < -0.4 is 10.1 Å². The van der Waals surface area contributed by atoms with E-state index >= 15 is 0 Å². The molecule has 17 heavy (non-hydrogen) atoms. The lowest BCUT2D eigenvalue weighted by molar-refractivity contribution is 0.286. The Morgan fingerprint density at radius 3 is 2.41 bits per heavy atom. The Hall–Kier alpha value is -1.06. The average Bonchev–Trinajstić information content (AvgIpc) is 2.30. The number of hydrogen-bond donors (Lipinski definition) is 2. The molecular formula is C14H23NO2. The lowest BCUT2D eigenvalue weighted by Crippen LogP contribution is -2.34. The molecule has 0 saturated heterocycles. The number of ether oxygens (including phenoxy) is 1. The summed E-state index contributed by atoms with van der Waals surface area (Å²) in [6.45, 7) is 8.72. The van der Waals surface area contributed by atoms with E-state index in [4.69, 9.17) is 9.84 Å². The molecule has 0 radical (unpaired) electrons. The largest absolute Gasteiger partial charge is 0.494 e. The van der Waals surface area contributed by atoms with Crippen LogP contribution >= 0.6 is 0 Å². The highest BCUT2D eigenvalue weighted by Crippen LogP contribution is 2.24. The summed E-state index contributed by atoms with van der Waals surface area (Å²) in [6, 6.07) is 8.22. The van der Waals surface area contributed by atoms with Gasteiger partial charge in [-0.1, -0.05) is 26.0 Å². The minimum Gasteiger partial charge on any atom is -0.494 e. The summed E-state index contributed by atoms with van der Waals surface area (Å²) >= 11 is 0. The van der Waals surface area contributed by atoms with Crippen molar-refractivity contribution in [2.75, 3.05) is 26.3 Å². The fourth-order valence-electron chi connectivity index (χ4n) is 1.75. The summed E-state index contributed by atoms with van der Waals surface area (Å²) < 4.78 is 5.42. The van der Waals surface area contributed by atoms with Crippen LogP contribution in [0.4, 0.5) is 0 Å². The summed E-state index contributed by atoms with van der Waals surface area (Å²) in [5, 5.41) is 12.0. The summed E-state index contributed by atoms with van der Waals surface area (Å²) in [6.07, 6.45) is 0. The number of nitrogens with one attached hydrogen (secondary N) is 1. The van der Waals surface area contributed by atoms with E-state index in [0.29, 0.717) is 13.2 Å². The molecule has 0 unspecified atom stereocenters. The van der Waals surface area contributed by atoms with Gasteiger partial charge in [-0.2, -0.15) is 0 Å². The molecular weight excluding hydrogens is 214 g/mol. The van der Waals surface area contributed by atoms with Crippen molar-refractivity contribution in [2.24, 2.45) is 0 Å². The quantitative estimate of drug-likeness (QED) is 0.712. The van der Waals surface area contributed by atoms with Gasteiger partial charge in [0.1, 0.15) is 5.75 Å². The maximum atomic E-state index is 8.75. The van der Waals surface area contributed by atoms with Crippen molar-refractivity contribution in [2.45, 2.75) is 26.2 Å². The molecule has 0 aliphatic carbocycles. The SMILES string of the molecule is CCOc1ccc(C(C)(C)CNCCO)cc1. The van der Waals surface area contributed by atoms with Gasteiger partial charge < -0.3 is 15.2 Å². The first-order valence-corrected chi connectivity index (χ1v) is 6.15. The molecule has 0 fully saturated rings. The second-order valence-corrected chi connectivity index (χ2v) is 4.74. The van der Waals surface area contributed by atoms with E-state index in [1.807, 2.05) is 19.1 Å². The van der Waals surface area contributed by atoms with E-state index in [2.05, 4.69) is 31.3 Å². The van der Waals surface area contributed by atoms with E-state index in [9.17, 15) is 0 Å². The van der Waals surface area contributed by atoms with Crippen molar-refractivity contribution < 1.29 is 9.84 Å². The normalized spacial score (nSPS) is 11.5. The van der Waals surface area contributed by atoms with Crippen molar-refractivity contribution in [1.82, 2.24) is 5.32 Å². The molecule has 3 nitrogen and oxygen atoms in total.